The fourth-order valence-electron chi connectivity index (χ4n) is 4.03. The second-order valence-electron chi connectivity index (χ2n) is 7.72. The molecule has 3 heterocycles. The molecule has 0 bridgehead atoms. The van der Waals surface area contributed by atoms with E-state index in [0.29, 0.717) is 24.6 Å². The molecule has 0 aliphatic carbocycles. The van der Waals surface area contributed by atoms with E-state index in [1.54, 1.807) is 26.8 Å². The average molecular weight is 428 g/mol. The first-order chi connectivity index (χ1) is 15.7. The Morgan fingerprint density at radius 2 is 1.84 bits per heavy atom. The number of ether oxygens (including phenoxy) is 2. The molecule has 0 aliphatic heterocycles. The Bertz CT molecular complexity index is 1380. The number of nitrogens with one attached hydrogen (secondary N) is 1. The molecule has 0 aliphatic rings. The number of methoxy groups -OCH3 is 2. The van der Waals surface area contributed by atoms with E-state index in [0.717, 1.165) is 39.1 Å². The second kappa shape index (κ2) is 8.26. The SMILES string of the molecule is COc1ccc(CN(Cc2ccco2)c2ncnc3c2[nH]c2ccc(C)cc23)cc1OC. The fraction of sp³-hybridized carbons (Fsp3) is 0.200. The summed E-state index contributed by atoms with van der Waals surface area (Å²) in [5.74, 6) is 3.06. The van der Waals surface area contributed by atoms with Crippen molar-refractivity contribution in [1.82, 2.24) is 15.0 Å². The van der Waals surface area contributed by atoms with E-state index in [1.165, 1.54) is 5.56 Å². The minimum absolute atomic E-state index is 0.557. The fourth-order valence-corrected chi connectivity index (χ4v) is 4.03. The maximum Gasteiger partial charge on any atom is 0.161 e. The molecular weight excluding hydrogens is 404 g/mol. The summed E-state index contributed by atoms with van der Waals surface area (Å²) >= 11 is 0. The van der Waals surface area contributed by atoms with Gasteiger partial charge in [0.2, 0.25) is 0 Å². The standard InChI is InChI=1S/C25H24N4O3/c1-16-6-8-20-19(11-16)23-24(28-20)25(27-15-26-23)29(14-18-5-4-10-32-18)13-17-7-9-21(30-2)22(12-17)31-3/h4-12,15,28H,13-14H2,1-3H3. The largest absolute Gasteiger partial charge is 0.493 e. The van der Waals surface area contributed by atoms with Crippen LogP contribution in [0.3, 0.4) is 0 Å². The maximum atomic E-state index is 5.65. The molecule has 0 saturated carbocycles. The smallest absolute Gasteiger partial charge is 0.161 e. The van der Waals surface area contributed by atoms with E-state index in [9.17, 15) is 0 Å². The highest BCUT2D eigenvalue weighted by molar-refractivity contribution is 6.08. The lowest BCUT2D eigenvalue weighted by Crippen LogP contribution is -2.23. The van der Waals surface area contributed by atoms with Crippen molar-refractivity contribution in [2.24, 2.45) is 0 Å². The summed E-state index contributed by atoms with van der Waals surface area (Å²) in [5.41, 5.74) is 5.10. The Morgan fingerprint density at radius 1 is 0.969 bits per heavy atom. The Labute approximate surface area is 185 Å². The number of hydrogen-bond donors (Lipinski definition) is 1. The summed E-state index contributed by atoms with van der Waals surface area (Å²) in [5, 5.41) is 1.09. The van der Waals surface area contributed by atoms with E-state index in [2.05, 4.69) is 45.0 Å². The average Bonchev–Trinajstić information content (AvgIpc) is 3.46. The van der Waals surface area contributed by atoms with Gasteiger partial charge in [-0.3, -0.25) is 0 Å². The number of nitrogens with zero attached hydrogens (tertiary/aromatic N) is 3. The summed E-state index contributed by atoms with van der Waals surface area (Å²) in [6.45, 7) is 3.24. The minimum atomic E-state index is 0.557. The third-order valence-electron chi connectivity index (χ3n) is 5.56. The second-order valence-corrected chi connectivity index (χ2v) is 7.72. The zero-order chi connectivity index (χ0) is 22.1. The Balaban J connectivity index is 1.61. The van der Waals surface area contributed by atoms with Crippen molar-refractivity contribution in [2.45, 2.75) is 20.0 Å². The van der Waals surface area contributed by atoms with Gasteiger partial charge < -0.3 is 23.8 Å². The van der Waals surface area contributed by atoms with Gasteiger partial charge in [0.15, 0.2) is 17.3 Å². The van der Waals surface area contributed by atoms with Gasteiger partial charge in [-0.2, -0.15) is 0 Å². The van der Waals surface area contributed by atoms with Gasteiger partial charge in [-0.1, -0.05) is 17.7 Å². The molecule has 0 saturated heterocycles. The van der Waals surface area contributed by atoms with Crippen LogP contribution >= 0.6 is 0 Å². The number of fused-ring (bicyclic) bond motifs is 3. The van der Waals surface area contributed by atoms with E-state index in [1.807, 2.05) is 30.3 Å². The molecule has 2 aromatic carbocycles. The highest BCUT2D eigenvalue weighted by Gasteiger charge is 2.19. The van der Waals surface area contributed by atoms with Crippen LogP contribution in [0, 0.1) is 6.92 Å². The molecule has 5 aromatic rings. The Morgan fingerprint density at radius 3 is 2.62 bits per heavy atom. The van der Waals surface area contributed by atoms with Crippen LogP contribution in [0.4, 0.5) is 5.82 Å². The molecule has 0 fully saturated rings. The van der Waals surface area contributed by atoms with Gasteiger partial charge in [-0.25, -0.2) is 9.97 Å². The van der Waals surface area contributed by atoms with Crippen LogP contribution < -0.4 is 14.4 Å². The molecule has 3 aromatic heterocycles. The molecule has 0 radical (unpaired) electrons. The first kappa shape index (κ1) is 19.9. The number of H-pyrrole nitrogens is 1. The summed E-state index contributed by atoms with van der Waals surface area (Å²) < 4.78 is 16.5. The quantitative estimate of drug-likeness (QED) is 0.382. The zero-order valence-corrected chi connectivity index (χ0v) is 18.3. The molecule has 7 nitrogen and oxygen atoms in total. The van der Waals surface area contributed by atoms with Gasteiger partial charge >= 0.3 is 0 Å². The van der Waals surface area contributed by atoms with Crippen molar-refractivity contribution in [3.8, 4) is 11.5 Å². The molecule has 162 valence electrons. The summed E-state index contributed by atoms with van der Waals surface area (Å²) in [6, 6.07) is 16.1. The number of hydrogen-bond acceptors (Lipinski definition) is 6. The number of anilines is 1. The third-order valence-corrected chi connectivity index (χ3v) is 5.56. The number of benzene rings is 2. The van der Waals surface area contributed by atoms with Gasteiger partial charge in [0, 0.05) is 17.4 Å². The van der Waals surface area contributed by atoms with Crippen molar-refractivity contribution in [2.75, 3.05) is 19.1 Å². The van der Waals surface area contributed by atoms with E-state index in [4.69, 9.17) is 13.9 Å². The number of aromatic amines is 1. The zero-order valence-electron chi connectivity index (χ0n) is 18.3. The Kier molecular flexibility index (Phi) is 5.15. The van der Waals surface area contributed by atoms with Crippen LogP contribution in [-0.4, -0.2) is 29.2 Å². The van der Waals surface area contributed by atoms with Crippen LogP contribution in [-0.2, 0) is 13.1 Å². The molecule has 7 heteroatoms. The monoisotopic (exact) mass is 428 g/mol. The van der Waals surface area contributed by atoms with Gasteiger partial charge in [-0.05, 0) is 48.9 Å². The number of rotatable bonds is 7. The van der Waals surface area contributed by atoms with Crippen molar-refractivity contribution in [3.05, 3.63) is 78.0 Å². The topological polar surface area (TPSA) is 76.4 Å². The summed E-state index contributed by atoms with van der Waals surface area (Å²) in [4.78, 5) is 14.9. The maximum absolute atomic E-state index is 5.65. The molecule has 0 spiro atoms. The van der Waals surface area contributed by atoms with Crippen LogP contribution in [0.15, 0.2) is 65.5 Å². The van der Waals surface area contributed by atoms with Crippen LogP contribution in [0.25, 0.3) is 21.9 Å². The van der Waals surface area contributed by atoms with Crippen molar-refractivity contribution in [1.29, 1.82) is 0 Å². The first-order valence-corrected chi connectivity index (χ1v) is 10.4. The first-order valence-electron chi connectivity index (χ1n) is 10.4. The van der Waals surface area contributed by atoms with Crippen molar-refractivity contribution in [3.63, 3.8) is 0 Å². The van der Waals surface area contributed by atoms with Crippen LogP contribution in [0.2, 0.25) is 0 Å². The minimum Gasteiger partial charge on any atom is -0.493 e. The van der Waals surface area contributed by atoms with Gasteiger partial charge in [0.1, 0.15) is 23.1 Å². The molecule has 32 heavy (non-hydrogen) atoms. The highest BCUT2D eigenvalue weighted by Crippen LogP contribution is 2.33. The lowest BCUT2D eigenvalue weighted by molar-refractivity contribution is 0.354. The van der Waals surface area contributed by atoms with Crippen molar-refractivity contribution >= 4 is 27.8 Å². The van der Waals surface area contributed by atoms with E-state index >= 15 is 0 Å². The predicted molar refractivity (Wildman–Crippen MR) is 124 cm³/mol. The number of furan rings is 1. The lowest BCUT2D eigenvalue weighted by Gasteiger charge is -2.23. The molecular formula is C25H24N4O3. The Hall–Kier alpha value is -4.00. The third kappa shape index (κ3) is 3.62. The van der Waals surface area contributed by atoms with Gasteiger partial charge in [-0.15, -0.1) is 0 Å². The summed E-state index contributed by atoms with van der Waals surface area (Å²) in [7, 11) is 3.28. The van der Waals surface area contributed by atoms with Crippen LogP contribution in [0.1, 0.15) is 16.9 Å². The van der Waals surface area contributed by atoms with E-state index < -0.39 is 0 Å². The predicted octanol–water partition coefficient (Wildman–Crippen LogP) is 5.24. The normalized spacial score (nSPS) is 11.2. The lowest BCUT2D eigenvalue weighted by atomic mass is 10.1. The highest BCUT2D eigenvalue weighted by atomic mass is 16.5. The molecule has 0 unspecified atom stereocenters. The molecule has 1 N–H and O–H groups in total. The van der Waals surface area contributed by atoms with Crippen LogP contribution in [0.5, 0.6) is 11.5 Å². The summed E-state index contributed by atoms with van der Waals surface area (Å²) in [6.07, 6.45) is 3.31. The van der Waals surface area contributed by atoms with Crippen molar-refractivity contribution < 1.29 is 13.9 Å². The molecule has 5 rings (SSSR count). The molecule has 0 atom stereocenters. The molecule has 0 amide bonds. The van der Waals surface area contributed by atoms with Gasteiger partial charge in [0.05, 0.1) is 27.0 Å². The number of aromatic nitrogens is 3. The number of aryl methyl sites for hydroxylation is 1. The van der Waals surface area contributed by atoms with E-state index in [-0.39, 0.29) is 0 Å². The van der Waals surface area contributed by atoms with Gasteiger partial charge in [0.25, 0.3) is 0 Å².